The topological polar surface area (TPSA) is 75.0 Å². The van der Waals surface area contributed by atoms with Gasteiger partial charge in [0.2, 0.25) is 5.43 Å². The number of pyridine rings is 1. The molecule has 0 radical (unpaired) electrons. The maximum atomic E-state index is 13.5. The number of rotatable bonds is 0. The molecule has 1 aromatic heterocycles. The fourth-order valence-electron chi connectivity index (χ4n) is 5.56. The van der Waals surface area contributed by atoms with Crippen molar-refractivity contribution in [3.05, 3.63) is 87.3 Å². The van der Waals surface area contributed by atoms with E-state index >= 15 is 0 Å². The van der Waals surface area contributed by atoms with Crippen molar-refractivity contribution in [2.75, 3.05) is 24.8 Å². The van der Waals surface area contributed by atoms with Crippen LogP contribution in [0, 0.1) is 11.8 Å². The lowest BCUT2D eigenvalue weighted by Crippen LogP contribution is -2.56. The summed E-state index contributed by atoms with van der Waals surface area (Å²) in [6, 6.07) is 15.6. The van der Waals surface area contributed by atoms with Gasteiger partial charge in [0.15, 0.2) is 11.4 Å². The van der Waals surface area contributed by atoms with E-state index in [0.29, 0.717) is 31.7 Å². The van der Waals surface area contributed by atoms with Gasteiger partial charge in [-0.05, 0) is 41.5 Å². The molecule has 8 heteroatoms. The highest BCUT2D eigenvalue weighted by atomic mass is 32.2. The summed E-state index contributed by atoms with van der Waals surface area (Å²) in [6.07, 6.45) is 2.62. The molecule has 0 spiro atoms. The minimum atomic E-state index is -0.545. The van der Waals surface area contributed by atoms with Gasteiger partial charge in [0.1, 0.15) is 18.5 Å². The maximum absolute atomic E-state index is 13.5. The lowest BCUT2D eigenvalue weighted by Gasteiger charge is -2.44. The molecule has 1 amide bonds. The third kappa shape index (κ3) is 2.91. The SMILES string of the molecule is O=C1c2c(O)c(=O)ccn2N2CN1C[C@H]1C[C@@H]1COc1cccc3c1[C@@H]2c1ccccc1SC3. The van der Waals surface area contributed by atoms with Gasteiger partial charge in [0.05, 0.1) is 6.61 Å². The van der Waals surface area contributed by atoms with Crippen molar-refractivity contribution in [2.45, 2.75) is 23.1 Å². The molecule has 1 N–H and O–H groups in total. The molecule has 2 aromatic carbocycles. The molecule has 1 fully saturated rings. The Labute approximate surface area is 200 Å². The Morgan fingerprint density at radius 1 is 1.03 bits per heavy atom. The van der Waals surface area contributed by atoms with Gasteiger partial charge in [-0.1, -0.05) is 30.3 Å². The molecule has 3 aromatic rings. The highest BCUT2D eigenvalue weighted by Crippen LogP contribution is 2.48. The summed E-state index contributed by atoms with van der Waals surface area (Å²) in [4.78, 5) is 28.8. The average molecular weight is 474 g/mol. The van der Waals surface area contributed by atoms with Crippen molar-refractivity contribution in [2.24, 2.45) is 11.8 Å². The Bertz CT molecular complexity index is 1400. The van der Waals surface area contributed by atoms with E-state index in [1.165, 1.54) is 16.5 Å². The van der Waals surface area contributed by atoms with E-state index in [9.17, 15) is 14.7 Å². The zero-order chi connectivity index (χ0) is 23.0. The second-order valence-electron chi connectivity index (χ2n) is 9.46. The summed E-state index contributed by atoms with van der Waals surface area (Å²) in [5.74, 6) is 1.63. The number of hydrogen-bond donors (Lipinski definition) is 1. The number of nitrogens with zero attached hydrogens (tertiary/aromatic N) is 3. The van der Waals surface area contributed by atoms with Crippen molar-refractivity contribution in [3.8, 4) is 11.5 Å². The van der Waals surface area contributed by atoms with Crippen LogP contribution < -0.4 is 15.2 Å². The van der Waals surface area contributed by atoms with Crippen molar-refractivity contribution < 1.29 is 14.6 Å². The number of hydrogen-bond acceptors (Lipinski definition) is 6. The molecular weight excluding hydrogens is 450 g/mol. The Kier molecular flexibility index (Phi) is 4.30. The quantitative estimate of drug-likeness (QED) is 0.540. The summed E-state index contributed by atoms with van der Waals surface area (Å²) in [7, 11) is 0. The molecular formula is C26H23N3O4S. The summed E-state index contributed by atoms with van der Waals surface area (Å²) in [5.41, 5.74) is 2.87. The number of carbonyl (C=O) groups excluding carboxylic acids is 1. The molecule has 1 aliphatic carbocycles. The Balaban J connectivity index is 1.53. The van der Waals surface area contributed by atoms with Crippen LogP contribution in [0.5, 0.6) is 11.5 Å². The monoisotopic (exact) mass is 473 g/mol. The van der Waals surface area contributed by atoms with Gasteiger partial charge in [-0.15, -0.1) is 11.8 Å². The van der Waals surface area contributed by atoms with Crippen molar-refractivity contribution in [1.82, 2.24) is 9.58 Å². The molecule has 4 heterocycles. The fourth-order valence-corrected chi connectivity index (χ4v) is 6.65. The van der Waals surface area contributed by atoms with Crippen molar-refractivity contribution in [3.63, 3.8) is 0 Å². The Morgan fingerprint density at radius 3 is 2.82 bits per heavy atom. The molecule has 0 saturated heterocycles. The maximum Gasteiger partial charge on any atom is 0.277 e. The van der Waals surface area contributed by atoms with E-state index in [0.717, 1.165) is 29.1 Å². The van der Waals surface area contributed by atoms with Gasteiger partial charge in [-0.3, -0.25) is 19.3 Å². The summed E-state index contributed by atoms with van der Waals surface area (Å²) in [6.45, 7) is 1.56. The minimum absolute atomic E-state index is 0.0320. The third-order valence-corrected chi connectivity index (χ3v) is 8.58. The van der Waals surface area contributed by atoms with E-state index in [2.05, 4.69) is 29.3 Å². The lowest BCUT2D eigenvalue weighted by molar-refractivity contribution is 0.0667. The Hall–Kier alpha value is -3.39. The first kappa shape index (κ1) is 20.0. The van der Waals surface area contributed by atoms with Crippen molar-refractivity contribution in [1.29, 1.82) is 0 Å². The van der Waals surface area contributed by atoms with Gasteiger partial charge < -0.3 is 14.7 Å². The van der Waals surface area contributed by atoms with Gasteiger partial charge in [0, 0.05) is 35.0 Å². The van der Waals surface area contributed by atoms with Gasteiger partial charge >= 0.3 is 0 Å². The number of benzene rings is 2. The number of amides is 1. The van der Waals surface area contributed by atoms with E-state index in [1.807, 2.05) is 18.2 Å². The van der Waals surface area contributed by atoms with E-state index in [1.54, 1.807) is 27.5 Å². The third-order valence-electron chi connectivity index (χ3n) is 7.44. The molecule has 3 aliphatic heterocycles. The number of aromatic hydroxyl groups is 1. The molecule has 4 aliphatic rings. The zero-order valence-electron chi connectivity index (χ0n) is 18.4. The summed E-state index contributed by atoms with van der Waals surface area (Å²) >= 11 is 1.79. The van der Waals surface area contributed by atoms with Crippen LogP contribution in [0.4, 0.5) is 0 Å². The first-order valence-electron chi connectivity index (χ1n) is 11.6. The first-order chi connectivity index (χ1) is 16.6. The standard InChI is InChI=1S/C26H23N3O4S/c30-19-8-9-28-24(25(19)31)26(32)27-11-16-10-17(16)12-33-20-6-3-4-15-13-34-21-7-2-1-5-18(21)23(22(15)20)29(28)14-27/h1-9,16-17,23,31H,10-14H2/t16-,17-,23+/m1/s1. The number of aromatic nitrogens is 1. The molecule has 7 rings (SSSR count). The van der Waals surface area contributed by atoms with E-state index in [-0.39, 0.29) is 17.6 Å². The normalized spacial score (nSPS) is 24.5. The van der Waals surface area contributed by atoms with Crippen LogP contribution in [0.15, 0.2) is 64.4 Å². The van der Waals surface area contributed by atoms with Crippen LogP contribution in [0.25, 0.3) is 0 Å². The molecule has 7 nitrogen and oxygen atoms in total. The molecule has 34 heavy (non-hydrogen) atoms. The highest BCUT2D eigenvalue weighted by Gasteiger charge is 2.45. The van der Waals surface area contributed by atoms with Gasteiger partial charge in [-0.25, -0.2) is 0 Å². The van der Waals surface area contributed by atoms with Gasteiger partial charge in [-0.2, -0.15) is 0 Å². The van der Waals surface area contributed by atoms with Crippen molar-refractivity contribution >= 4 is 17.7 Å². The van der Waals surface area contributed by atoms with E-state index in [4.69, 9.17) is 4.74 Å². The summed E-state index contributed by atoms with van der Waals surface area (Å²) < 4.78 is 8.13. The van der Waals surface area contributed by atoms with Gasteiger partial charge in [0.25, 0.3) is 5.91 Å². The average Bonchev–Trinajstić information content (AvgIpc) is 3.61. The second-order valence-corrected chi connectivity index (χ2v) is 10.5. The fraction of sp³-hybridized carbons (Fsp3) is 0.308. The number of ether oxygens (including phenoxy) is 1. The van der Waals surface area contributed by atoms with Crippen LogP contribution >= 0.6 is 11.8 Å². The smallest absolute Gasteiger partial charge is 0.277 e. The van der Waals surface area contributed by atoms with Crippen LogP contribution in [-0.2, 0) is 5.75 Å². The molecule has 172 valence electrons. The largest absolute Gasteiger partial charge is 0.502 e. The second kappa shape index (κ2) is 7.30. The number of fused-ring (bicyclic) bond motifs is 8. The molecule has 2 bridgehead atoms. The first-order valence-corrected chi connectivity index (χ1v) is 12.6. The highest BCUT2D eigenvalue weighted by molar-refractivity contribution is 7.98. The summed E-state index contributed by atoms with van der Waals surface area (Å²) in [5, 5.41) is 12.8. The minimum Gasteiger partial charge on any atom is -0.502 e. The number of thioether (sulfide) groups is 1. The molecule has 1 saturated carbocycles. The molecule has 3 atom stereocenters. The van der Waals surface area contributed by atoms with Crippen LogP contribution in [-0.4, -0.2) is 40.4 Å². The predicted molar refractivity (Wildman–Crippen MR) is 128 cm³/mol. The van der Waals surface area contributed by atoms with Crippen LogP contribution in [0.2, 0.25) is 0 Å². The molecule has 0 unspecified atom stereocenters. The lowest BCUT2D eigenvalue weighted by atomic mass is 9.93. The number of carbonyl (C=O) groups is 1. The predicted octanol–water partition coefficient (Wildman–Crippen LogP) is 3.33. The van der Waals surface area contributed by atoms with Crippen LogP contribution in [0.1, 0.15) is 39.6 Å². The van der Waals surface area contributed by atoms with Crippen LogP contribution in [0.3, 0.4) is 0 Å². The Morgan fingerprint density at radius 2 is 1.91 bits per heavy atom. The zero-order valence-corrected chi connectivity index (χ0v) is 19.2. The van der Waals surface area contributed by atoms with E-state index < -0.39 is 11.2 Å².